The second-order valence-electron chi connectivity index (χ2n) is 5.53. The van der Waals surface area contributed by atoms with Crippen molar-refractivity contribution in [2.75, 3.05) is 7.11 Å². The third kappa shape index (κ3) is 4.83. The summed E-state index contributed by atoms with van der Waals surface area (Å²) < 4.78 is 5.04. The fraction of sp³-hybridized carbons (Fsp3) is 0.211. The van der Waals surface area contributed by atoms with Gasteiger partial charge in [-0.05, 0) is 24.6 Å². The first-order chi connectivity index (χ1) is 12.7. The highest BCUT2D eigenvalue weighted by atomic mass is 32.2. The average Bonchev–Trinajstić information content (AvgIpc) is 3.10. The van der Waals surface area contributed by atoms with Gasteiger partial charge in [-0.15, -0.1) is 23.1 Å². The zero-order chi connectivity index (χ0) is 18.4. The molecule has 0 bridgehead atoms. The van der Waals surface area contributed by atoms with Crippen molar-refractivity contribution < 1.29 is 9.53 Å². The Labute approximate surface area is 160 Å². The number of carbonyl (C=O) groups is 1. The second kappa shape index (κ2) is 8.82. The van der Waals surface area contributed by atoms with Crippen LogP contribution in [0.3, 0.4) is 0 Å². The van der Waals surface area contributed by atoms with Crippen molar-refractivity contribution in [3.05, 3.63) is 69.8 Å². The molecule has 0 aliphatic carbocycles. The monoisotopic (exact) mass is 385 g/mol. The van der Waals surface area contributed by atoms with Crippen LogP contribution in [-0.4, -0.2) is 23.0 Å². The normalized spacial score (nSPS) is 10.5. The Morgan fingerprint density at radius 1 is 1.27 bits per heavy atom. The fourth-order valence-corrected chi connectivity index (χ4v) is 3.98. The van der Waals surface area contributed by atoms with E-state index in [0.29, 0.717) is 18.0 Å². The highest BCUT2D eigenvalue weighted by Crippen LogP contribution is 2.26. The number of nitrogens with zero attached hydrogens (tertiary/aromatic N) is 2. The zero-order valence-corrected chi connectivity index (χ0v) is 16.2. The summed E-state index contributed by atoms with van der Waals surface area (Å²) in [6, 6.07) is 11.3. The number of methoxy groups -OCH3 is 1. The molecule has 0 saturated carbocycles. The molecule has 0 spiro atoms. The molecular formula is C19H19N3O2S2. The minimum Gasteiger partial charge on any atom is -0.481 e. The molecule has 0 aliphatic rings. The quantitative estimate of drug-likeness (QED) is 0.621. The first kappa shape index (κ1) is 18.4. The third-order valence-corrected chi connectivity index (χ3v) is 5.56. The number of amides is 1. The number of aromatic nitrogens is 2. The van der Waals surface area contributed by atoms with Crippen LogP contribution < -0.4 is 10.1 Å². The summed E-state index contributed by atoms with van der Waals surface area (Å²) in [5, 5.41) is 6.06. The molecule has 0 unspecified atom stereocenters. The van der Waals surface area contributed by atoms with Crippen LogP contribution >= 0.6 is 23.1 Å². The first-order valence-electron chi connectivity index (χ1n) is 8.05. The Hall–Kier alpha value is -2.38. The zero-order valence-electron chi connectivity index (χ0n) is 14.6. The number of thioether (sulfide) groups is 1. The number of nitrogens with one attached hydrogen (secondary N) is 1. The first-order valence-corrected chi connectivity index (χ1v) is 9.92. The van der Waals surface area contributed by atoms with E-state index < -0.39 is 0 Å². The second-order valence-corrected chi connectivity index (χ2v) is 7.61. The van der Waals surface area contributed by atoms with Gasteiger partial charge in [-0.2, -0.15) is 0 Å². The van der Waals surface area contributed by atoms with Crippen molar-refractivity contribution in [3.63, 3.8) is 0 Å². The lowest BCUT2D eigenvalue weighted by atomic mass is 10.2. The van der Waals surface area contributed by atoms with Crippen molar-refractivity contribution in [1.29, 1.82) is 0 Å². The largest absolute Gasteiger partial charge is 0.481 e. The van der Waals surface area contributed by atoms with Crippen LogP contribution in [0.25, 0.3) is 0 Å². The predicted molar refractivity (Wildman–Crippen MR) is 105 cm³/mol. The van der Waals surface area contributed by atoms with Crippen molar-refractivity contribution >= 4 is 29.0 Å². The number of benzene rings is 1. The maximum atomic E-state index is 12.6. The molecule has 1 amide bonds. The van der Waals surface area contributed by atoms with Gasteiger partial charge in [0.2, 0.25) is 5.88 Å². The Bertz CT molecular complexity index is 879. The topological polar surface area (TPSA) is 64.1 Å². The smallest absolute Gasteiger partial charge is 0.252 e. The third-order valence-electron chi connectivity index (χ3n) is 3.63. The molecule has 2 heterocycles. The Morgan fingerprint density at radius 3 is 2.81 bits per heavy atom. The lowest BCUT2D eigenvalue weighted by Gasteiger charge is -2.10. The SMILES string of the molecule is COc1ccc(CNC(=O)c2ccccc2SCc2csc(C)n2)cn1. The van der Waals surface area contributed by atoms with Crippen LogP contribution in [0.5, 0.6) is 5.88 Å². The van der Waals surface area contributed by atoms with Crippen LogP contribution in [0.15, 0.2) is 52.9 Å². The molecule has 0 saturated heterocycles. The highest BCUT2D eigenvalue weighted by Gasteiger charge is 2.12. The maximum Gasteiger partial charge on any atom is 0.252 e. The van der Waals surface area contributed by atoms with Crippen LogP contribution in [0.4, 0.5) is 0 Å². The van der Waals surface area contributed by atoms with Gasteiger partial charge in [0, 0.05) is 34.8 Å². The molecule has 3 rings (SSSR count). The van der Waals surface area contributed by atoms with E-state index in [-0.39, 0.29) is 5.91 Å². The average molecular weight is 386 g/mol. The van der Waals surface area contributed by atoms with E-state index in [1.165, 1.54) is 0 Å². The van der Waals surface area contributed by atoms with Gasteiger partial charge >= 0.3 is 0 Å². The number of thiazole rings is 1. The predicted octanol–water partition coefficient (Wildman–Crippen LogP) is 4.08. The number of carbonyl (C=O) groups excluding carboxylic acids is 1. The van der Waals surface area contributed by atoms with Crippen LogP contribution in [-0.2, 0) is 12.3 Å². The van der Waals surface area contributed by atoms with Gasteiger partial charge < -0.3 is 10.1 Å². The summed E-state index contributed by atoms with van der Waals surface area (Å²) in [5.74, 6) is 1.20. The summed E-state index contributed by atoms with van der Waals surface area (Å²) in [4.78, 5) is 22.2. The number of aryl methyl sites for hydroxylation is 1. The van der Waals surface area contributed by atoms with E-state index in [4.69, 9.17) is 4.74 Å². The van der Waals surface area contributed by atoms with Crippen molar-refractivity contribution in [1.82, 2.24) is 15.3 Å². The van der Waals surface area contributed by atoms with E-state index in [1.54, 1.807) is 42.5 Å². The van der Waals surface area contributed by atoms with Crippen molar-refractivity contribution in [3.8, 4) is 5.88 Å². The van der Waals surface area contributed by atoms with E-state index in [9.17, 15) is 4.79 Å². The molecule has 3 aromatic rings. The standard InChI is InChI=1S/C19H19N3O2S2/c1-13-22-15(11-25-13)12-26-17-6-4-3-5-16(17)19(23)21-10-14-7-8-18(24-2)20-9-14/h3-9,11H,10,12H2,1-2H3,(H,21,23). The Balaban J connectivity index is 1.63. The minimum atomic E-state index is -0.0987. The van der Waals surface area contributed by atoms with Crippen molar-refractivity contribution in [2.24, 2.45) is 0 Å². The summed E-state index contributed by atoms with van der Waals surface area (Å²) in [5.41, 5.74) is 2.63. The van der Waals surface area contributed by atoms with Gasteiger partial charge in [0.05, 0.1) is 23.4 Å². The number of rotatable bonds is 7. The molecule has 7 heteroatoms. The summed E-state index contributed by atoms with van der Waals surface area (Å²) in [7, 11) is 1.57. The summed E-state index contributed by atoms with van der Waals surface area (Å²) in [6.45, 7) is 2.41. The molecule has 5 nitrogen and oxygen atoms in total. The molecule has 0 fully saturated rings. The van der Waals surface area contributed by atoms with E-state index >= 15 is 0 Å². The van der Waals surface area contributed by atoms with Gasteiger partial charge in [-0.25, -0.2) is 9.97 Å². The molecule has 0 radical (unpaired) electrons. The number of ether oxygens (including phenoxy) is 1. The van der Waals surface area contributed by atoms with E-state index in [2.05, 4.69) is 20.7 Å². The fourth-order valence-electron chi connectivity index (χ4n) is 2.32. The highest BCUT2D eigenvalue weighted by molar-refractivity contribution is 7.98. The number of pyridine rings is 1. The van der Waals surface area contributed by atoms with Crippen LogP contribution in [0.1, 0.15) is 26.6 Å². The molecule has 2 aromatic heterocycles. The Kier molecular flexibility index (Phi) is 6.25. The lowest BCUT2D eigenvalue weighted by molar-refractivity contribution is 0.0948. The van der Waals surface area contributed by atoms with E-state index in [1.807, 2.05) is 37.3 Å². The number of hydrogen-bond acceptors (Lipinski definition) is 6. The van der Waals surface area contributed by atoms with Gasteiger partial charge in [0.25, 0.3) is 5.91 Å². The van der Waals surface area contributed by atoms with Crippen LogP contribution in [0, 0.1) is 6.92 Å². The molecular weight excluding hydrogens is 366 g/mol. The van der Waals surface area contributed by atoms with Crippen LogP contribution in [0.2, 0.25) is 0 Å². The maximum absolute atomic E-state index is 12.6. The summed E-state index contributed by atoms with van der Waals surface area (Å²) >= 11 is 3.26. The molecule has 26 heavy (non-hydrogen) atoms. The number of hydrogen-bond donors (Lipinski definition) is 1. The van der Waals surface area contributed by atoms with Gasteiger partial charge in [-0.1, -0.05) is 18.2 Å². The van der Waals surface area contributed by atoms with Gasteiger partial charge in [0.1, 0.15) is 0 Å². The lowest BCUT2D eigenvalue weighted by Crippen LogP contribution is -2.23. The molecule has 0 atom stereocenters. The molecule has 1 aromatic carbocycles. The van der Waals surface area contributed by atoms with Gasteiger partial charge in [-0.3, -0.25) is 4.79 Å². The molecule has 134 valence electrons. The minimum absolute atomic E-state index is 0.0987. The van der Waals surface area contributed by atoms with E-state index in [0.717, 1.165) is 26.9 Å². The summed E-state index contributed by atoms with van der Waals surface area (Å²) in [6.07, 6.45) is 1.70. The van der Waals surface area contributed by atoms with Gasteiger partial charge in [0.15, 0.2) is 0 Å². The molecule has 1 N–H and O–H groups in total. The van der Waals surface area contributed by atoms with Crippen molar-refractivity contribution in [2.45, 2.75) is 24.1 Å². The molecule has 0 aliphatic heterocycles. The Morgan fingerprint density at radius 2 is 2.12 bits per heavy atom.